The van der Waals surface area contributed by atoms with Crippen LogP contribution in [0.4, 0.5) is 5.69 Å². The van der Waals surface area contributed by atoms with Gasteiger partial charge in [-0.1, -0.05) is 6.42 Å². The van der Waals surface area contributed by atoms with Crippen molar-refractivity contribution >= 4 is 17.6 Å². The molecule has 0 aromatic carbocycles. The van der Waals surface area contributed by atoms with Crippen LogP contribution < -0.4 is 4.90 Å². The number of aromatic nitrogens is 1. The molecule has 0 aliphatic heterocycles. The molecule has 1 N–H and O–H groups in total. The van der Waals surface area contributed by atoms with Crippen LogP contribution in [0, 0.1) is 5.41 Å². The molecule has 0 radical (unpaired) electrons. The first-order chi connectivity index (χ1) is 8.08. The lowest BCUT2D eigenvalue weighted by atomic mass is 9.68. The van der Waals surface area contributed by atoms with Crippen molar-refractivity contribution in [1.29, 1.82) is 0 Å². The highest BCUT2D eigenvalue weighted by atomic mass is 16.4. The Morgan fingerprint density at radius 2 is 1.94 bits per heavy atom. The number of hydrogen-bond donors (Lipinski definition) is 1. The zero-order valence-electron chi connectivity index (χ0n) is 9.59. The van der Waals surface area contributed by atoms with Gasteiger partial charge in [-0.25, -0.2) is 0 Å². The number of nitrogens with zero attached hydrogens (tertiary/aromatic N) is 2. The van der Waals surface area contributed by atoms with Crippen molar-refractivity contribution in [2.24, 2.45) is 5.41 Å². The van der Waals surface area contributed by atoms with Gasteiger partial charge in [-0.05, 0) is 25.0 Å². The van der Waals surface area contributed by atoms with E-state index >= 15 is 0 Å². The van der Waals surface area contributed by atoms with Crippen LogP contribution in [0.25, 0.3) is 0 Å². The molecule has 1 aromatic heterocycles. The summed E-state index contributed by atoms with van der Waals surface area (Å²) in [5.74, 6) is -1.36. The van der Waals surface area contributed by atoms with Gasteiger partial charge in [0, 0.05) is 25.1 Å². The number of carboxylic acid groups (broad SMARTS) is 1. The number of carboxylic acids is 1. The topological polar surface area (TPSA) is 70.5 Å². The van der Waals surface area contributed by atoms with E-state index in [1.807, 2.05) is 0 Å². The third-order valence-electron chi connectivity index (χ3n) is 3.38. The van der Waals surface area contributed by atoms with Gasteiger partial charge in [-0.15, -0.1) is 0 Å². The third-order valence-corrected chi connectivity index (χ3v) is 3.38. The van der Waals surface area contributed by atoms with Crippen LogP contribution in [-0.4, -0.2) is 29.0 Å². The molecule has 0 spiro atoms. The number of amides is 1. The Hall–Kier alpha value is -1.91. The molecule has 90 valence electrons. The van der Waals surface area contributed by atoms with Crippen molar-refractivity contribution in [3.63, 3.8) is 0 Å². The van der Waals surface area contributed by atoms with E-state index in [-0.39, 0.29) is 5.91 Å². The monoisotopic (exact) mass is 234 g/mol. The van der Waals surface area contributed by atoms with Gasteiger partial charge in [0.2, 0.25) is 5.91 Å². The van der Waals surface area contributed by atoms with Crippen molar-refractivity contribution < 1.29 is 14.7 Å². The molecule has 0 unspecified atom stereocenters. The summed E-state index contributed by atoms with van der Waals surface area (Å²) in [6.07, 6.45) is 4.80. The number of carbonyl (C=O) groups excluding carboxylic acids is 1. The number of hydrogen-bond acceptors (Lipinski definition) is 3. The number of carbonyl (C=O) groups is 2. The Bertz CT molecular complexity index is 440. The first-order valence-corrected chi connectivity index (χ1v) is 5.49. The van der Waals surface area contributed by atoms with Crippen molar-refractivity contribution in [3.05, 3.63) is 24.5 Å². The number of rotatable bonds is 3. The van der Waals surface area contributed by atoms with E-state index in [0.29, 0.717) is 18.5 Å². The molecular formula is C12H14N2O3. The van der Waals surface area contributed by atoms with Gasteiger partial charge >= 0.3 is 5.97 Å². The highest BCUT2D eigenvalue weighted by Crippen LogP contribution is 2.43. The van der Waals surface area contributed by atoms with Gasteiger partial charge in [0.25, 0.3) is 0 Å². The smallest absolute Gasteiger partial charge is 0.319 e. The van der Waals surface area contributed by atoms with Gasteiger partial charge < -0.3 is 10.0 Å². The Balaban J connectivity index is 2.23. The quantitative estimate of drug-likeness (QED) is 0.800. The van der Waals surface area contributed by atoms with Crippen LogP contribution >= 0.6 is 0 Å². The molecular weight excluding hydrogens is 220 g/mol. The van der Waals surface area contributed by atoms with Crippen LogP contribution in [0.3, 0.4) is 0 Å². The molecule has 0 saturated heterocycles. The van der Waals surface area contributed by atoms with E-state index < -0.39 is 11.4 Å². The second kappa shape index (κ2) is 4.16. The van der Waals surface area contributed by atoms with Crippen LogP contribution in [0.1, 0.15) is 19.3 Å². The lowest BCUT2D eigenvalue weighted by molar-refractivity contribution is -0.160. The van der Waals surface area contributed by atoms with Crippen LogP contribution in [-0.2, 0) is 9.59 Å². The van der Waals surface area contributed by atoms with Gasteiger partial charge in [0.1, 0.15) is 5.41 Å². The lowest BCUT2D eigenvalue weighted by Gasteiger charge is -2.38. The average molecular weight is 234 g/mol. The lowest BCUT2D eigenvalue weighted by Crippen LogP contribution is -2.51. The minimum Gasteiger partial charge on any atom is -0.480 e. The Kier molecular flexibility index (Phi) is 2.83. The van der Waals surface area contributed by atoms with Gasteiger partial charge in [0.05, 0.1) is 0 Å². The predicted molar refractivity (Wildman–Crippen MR) is 61.6 cm³/mol. The SMILES string of the molecule is CN(C(=O)C1(C(=O)O)CCC1)c1ccncc1. The number of anilines is 1. The molecule has 1 saturated carbocycles. The number of aliphatic carboxylic acids is 1. The zero-order chi connectivity index (χ0) is 12.5. The second-order valence-corrected chi connectivity index (χ2v) is 4.31. The normalized spacial score (nSPS) is 17.0. The zero-order valence-corrected chi connectivity index (χ0v) is 9.59. The van der Waals surface area contributed by atoms with E-state index in [2.05, 4.69) is 4.98 Å². The Labute approximate surface area is 99.1 Å². The maximum absolute atomic E-state index is 12.2. The fourth-order valence-electron chi connectivity index (χ4n) is 2.06. The largest absolute Gasteiger partial charge is 0.480 e. The minimum atomic E-state index is -1.21. The first kappa shape index (κ1) is 11.6. The van der Waals surface area contributed by atoms with Crippen LogP contribution in [0.5, 0.6) is 0 Å². The van der Waals surface area contributed by atoms with E-state index in [1.165, 1.54) is 4.90 Å². The molecule has 5 heteroatoms. The first-order valence-electron chi connectivity index (χ1n) is 5.49. The fraction of sp³-hybridized carbons (Fsp3) is 0.417. The van der Waals surface area contributed by atoms with Gasteiger partial charge in [-0.3, -0.25) is 14.6 Å². The van der Waals surface area contributed by atoms with Crippen LogP contribution in [0.15, 0.2) is 24.5 Å². The van der Waals surface area contributed by atoms with Crippen molar-refractivity contribution in [2.75, 3.05) is 11.9 Å². The molecule has 1 aliphatic rings. The standard InChI is InChI=1S/C12H14N2O3/c1-14(9-3-7-13-8-4-9)10(15)12(11(16)17)5-2-6-12/h3-4,7-8H,2,5-6H2,1H3,(H,16,17). The number of pyridine rings is 1. The van der Waals surface area contributed by atoms with E-state index in [0.717, 1.165) is 6.42 Å². The Morgan fingerprint density at radius 3 is 2.35 bits per heavy atom. The maximum atomic E-state index is 12.2. The van der Waals surface area contributed by atoms with Crippen molar-refractivity contribution in [1.82, 2.24) is 4.98 Å². The predicted octanol–water partition coefficient (Wildman–Crippen LogP) is 1.30. The summed E-state index contributed by atoms with van der Waals surface area (Å²) in [6, 6.07) is 3.37. The highest BCUT2D eigenvalue weighted by Gasteiger charge is 2.52. The second-order valence-electron chi connectivity index (χ2n) is 4.31. The molecule has 1 fully saturated rings. The van der Waals surface area contributed by atoms with E-state index in [9.17, 15) is 14.7 Å². The summed E-state index contributed by atoms with van der Waals surface area (Å²) in [4.78, 5) is 28.7. The molecule has 1 amide bonds. The molecule has 5 nitrogen and oxygen atoms in total. The summed E-state index contributed by atoms with van der Waals surface area (Å²) < 4.78 is 0. The van der Waals surface area contributed by atoms with Gasteiger partial charge in [0.15, 0.2) is 0 Å². The average Bonchev–Trinajstić information content (AvgIpc) is 2.27. The maximum Gasteiger partial charge on any atom is 0.319 e. The fourth-order valence-corrected chi connectivity index (χ4v) is 2.06. The molecule has 2 rings (SSSR count). The van der Waals surface area contributed by atoms with E-state index in [4.69, 9.17) is 0 Å². The summed E-state index contributed by atoms with van der Waals surface area (Å²) in [7, 11) is 1.60. The van der Waals surface area contributed by atoms with Crippen molar-refractivity contribution in [3.8, 4) is 0 Å². The summed E-state index contributed by atoms with van der Waals surface area (Å²) in [5.41, 5.74) is -0.546. The Morgan fingerprint density at radius 1 is 1.35 bits per heavy atom. The van der Waals surface area contributed by atoms with E-state index in [1.54, 1.807) is 31.6 Å². The molecule has 1 heterocycles. The summed E-state index contributed by atoms with van der Waals surface area (Å²) in [6.45, 7) is 0. The van der Waals surface area contributed by atoms with Gasteiger partial charge in [-0.2, -0.15) is 0 Å². The third kappa shape index (κ3) is 1.77. The molecule has 17 heavy (non-hydrogen) atoms. The van der Waals surface area contributed by atoms with Crippen LogP contribution in [0.2, 0.25) is 0 Å². The molecule has 0 bridgehead atoms. The molecule has 1 aromatic rings. The molecule has 1 aliphatic carbocycles. The highest BCUT2D eigenvalue weighted by molar-refractivity contribution is 6.10. The van der Waals surface area contributed by atoms with Crippen molar-refractivity contribution in [2.45, 2.75) is 19.3 Å². The summed E-state index contributed by atoms with van der Waals surface area (Å²) in [5, 5.41) is 9.19. The minimum absolute atomic E-state index is 0.345. The molecule has 0 atom stereocenters. The summed E-state index contributed by atoms with van der Waals surface area (Å²) >= 11 is 0.